The van der Waals surface area contributed by atoms with Crippen molar-refractivity contribution in [2.75, 3.05) is 5.73 Å². The second kappa shape index (κ2) is 3.71. The standard InChI is InChI=1S/C9H8FNO2/c10-7-3-1-6(8(11)5-7)2-4-9(12)13/h1-5H,11H2,(H,12,13). The van der Waals surface area contributed by atoms with Gasteiger partial charge in [0.2, 0.25) is 0 Å². The van der Waals surface area contributed by atoms with Crippen LogP contribution in [0.25, 0.3) is 6.08 Å². The van der Waals surface area contributed by atoms with Crippen LogP contribution in [0.1, 0.15) is 5.56 Å². The molecular formula is C9H8FNO2. The van der Waals surface area contributed by atoms with E-state index in [2.05, 4.69) is 0 Å². The maximum Gasteiger partial charge on any atom is 0.328 e. The molecule has 0 saturated carbocycles. The van der Waals surface area contributed by atoms with Crippen molar-refractivity contribution in [3.63, 3.8) is 0 Å². The van der Waals surface area contributed by atoms with Gasteiger partial charge >= 0.3 is 5.97 Å². The lowest BCUT2D eigenvalue weighted by Crippen LogP contribution is -1.91. The number of carbonyl (C=O) groups is 1. The van der Waals surface area contributed by atoms with Gasteiger partial charge in [0.05, 0.1) is 0 Å². The number of nitrogens with two attached hydrogens (primary N) is 1. The highest BCUT2D eigenvalue weighted by Crippen LogP contribution is 2.14. The molecule has 0 fully saturated rings. The van der Waals surface area contributed by atoms with E-state index < -0.39 is 11.8 Å². The Labute approximate surface area is 74.3 Å². The second-order valence-electron chi connectivity index (χ2n) is 2.44. The zero-order chi connectivity index (χ0) is 9.84. The Morgan fingerprint density at radius 2 is 2.23 bits per heavy atom. The van der Waals surface area contributed by atoms with Gasteiger partial charge in [-0.3, -0.25) is 0 Å². The van der Waals surface area contributed by atoms with Gasteiger partial charge in [-0.05, 0) is 23.8 Å². The third kappa shape index (κ3) is 2.59. The van der Waals surface area contributed by atoms with Crippen molar-refractivity contribution in [1.29, 1.82) is 0 Å². The van der Waals surface area contributed by atoms with E-state index in [0.717, 1.165) is 12.1 Å². The van der Waals surface area contributed by atoms with Crippen molar-refractivity contribution in [1.82, 2.24) is 0 Å². The fraction of sp³-hybridized carbons (Fsp3) is 0. The topological polar surface area (TPSA) is 63.3 Å². The number of halogens is 1. The lowest BCUT2D eigenvalue weighted by Gasteiger charge is -1.98. The van der Waals surface area contributed by atoms with Crippen molar-refractivity contribution in [3.05, 3.63) is 35.7 Å². The zero-order valence-corrected chi connectivity index (χ0v) is 6.70. The van der Waals surface area contributed by atoms with Gasteiger partial charge in [-0.25, -0.2) is 9.18 Å². The van der Waals surface area contributed by atoms with Crippen LogP contribution in [0.15, 0.2) is 24.3 Å². The molecule has 0 saturated heterocycles. The molecule has 1 aromatic carbocycles. The van der Waals surface area contributed by atoms with Crippen LogP contribution in [0.3, 0.4) is 0 Å². The summed E-state index contributed by atoms with van der Waals surface area (Å²) in [6.07, 6.45) is 2.26. The van der Waals surface area contributed by atoms with Gasteiger partial charge in [-0.15, -0.1) is 0 Å². The molecule has 3 nitrogen and oxygen atoms in total. The minimum Gasteiger partial charge on any atom is -0.478 e. The number of rotatable bonds is 2. The van der Waals surface area contributed by atoms with Crippen molar-refractivity contribution < 1.29 is 14.3 Å². The number of aliphatic carboxylic acids is 1. The van der Waals surface area contributed by atoms with E-state index in [0.29, 0.717) is 5.56 Å². The van der Waals surface area contributed by atoms with Gasteiger partial charge in [-0.2, -0.15) is 0 Å². The summed E-state index contributed by atoms with van der Waals surface area (Å²) in [4.78, 5) is 10.1. The van der Waals surface area contributed by atoms with Crippen LogP contribution >= 0.6 is 0 Å². The lowest BCUT2D eigenvalue weighted by atomic mass is 10.1. The number of hydrogen-bond acceptors (Lipinski definition) is 2. The van der Waals surface area contributed by atoms with E-state index >= 15 is 0 Å². The number of benzene rings is 1. The van der Waals surface area contributed by atoms with Crippen LogP contribution in [0, 0.1) is 5.82 Å². The molecule has 0 spiro atoms. The first-order valence-corrected chi connectivity index (χ1v) is 3.55. The molecule has 0 aliphatic carbocycles. The Kier molecular flexibility index (Phi) is 2.64. The summed E-state index contributed by atoms with van der Waals surface area (Å²) in [5, 5.41) is 8.32. The average Bonchev–Trinajstić information content (AvgIpc) is 2.02. The summed E-state index contributed by atoms with van der Waals surface area (Å²) < 4.78 is 12.5. The molecule has 0 radical (unpaired) electrons. The van der Waals surface area contributed by atoms with E-state index in [1.165, 1.54) is 18.2 Å². The van der Waals surface area contributed by atoms with Gasteiger partial charge in [0.25, 0.3) is 0 Å². The highest BCUT2D eigenvalue weighted by molar-refractivity contribution is 5.86. The molecule has 4 heteroatoms. The monoisotopic (exact) mass is 181 g/mol. The molecule has 1 aromatic rings. The summed E-state index contributed by atoms with van der Waals surface area (Å²) in [7, 11) is 0. The average molecular weight is 181 g/mol. The quantitative estimate of drug-likeness (QED) is 0.536. The Bertz CT molecular complexity index is 361. The molecule has 0 heterocycles. The number of carboxylic acid groups (broad SMARTS) is 1. The highest BCUT2D eigenvalue weighted by Gasteiger charge is 1.97. The number of nitrogen functional groups attached to an aromatic ring is 1. The number of hydrogen-bond donors (Lipinski definition) is 2. The fourth-order valence-electron chi connectivity index (χ4n) is 0.858. The first kappa shape index (κ1) is 9.25. The molecule has 1 rings (SSSR count). The van der Waals surface area contributed by atoms with Crippen LogP contribution in [-0.2, 0) is 4.79 Å². The maximum atomic E-state index is 12.5. The molecule has 0 aromatic heterocycles. The van der Waals surface area contributed by atoms with Crippen LogP contribution in [0.2, 0.25) is 0 Å². The number of anilines is 1. The molecular weight excluding hydrogens is 173 g/mol. The van der Waals surface area contributed by atoms with E-state index in [-0.39, 0.29) is 5.69 Å². The van der Waals surface area contributed by atoms with Gasteiger partial charge in [0, 0.05) is 11.8 Å². The summed E-state index contributed by atoms with van der Waals surface area (Å²) in [5.74, 6) is -1.51. The third-order valence-corrected chi connectivity index (χ3v) is 1.45. The molecule has 0 aliphatic heterocycles. The Hall–Kier alpha value is -1.84. The predicted octanol–water partition coefficient (Wildman–Crippen LogP) is 1.51. The first-order chi connectivity index (χ1) is 6.09. The molecule has 0 unspecified atom stereocenters. The molecule has 0 bridgehead atoms. The molecule has 0 amide bonds. The van der Waals surface area contributed by atoms with E-state index in [9.17, 15) is 9.18 Å². The van der Waals surface area contributed by atoms with E-state index in [4.69, 9.17) is 10.8 Å². The van der Waals surface area contributed by atoms with Crippen LogP contribution in [0.4, 0.5) is 10.1 Å². The summed E-state index contributed by atoms with van der Waals surface area (Å²) in [5.41, 5.74) is 6.13. The Morgan fingerprint density at radius 1 is 1.54 bits per heavy atom. The maximum absolute atomic E-state index is 12.5. The summed E-state index contributed by atoms with van der Waals surface area (Å²) >= 11 is 0. The van der Waals surface area contributed by atoms with Crippen LogP contribution in [0.5, 0.6) is 0 Å². The third-order valence-electron chi connectivity index (χ3n) is 1.45. The second-order valence-corrected chi connectivity index (χ2v) is 2.44. The van der Waals surface area contributed by atoms with Crippen LogP contribution in [-0.4, -0.2) is 11.1 Å². The Balaban J connectivity index is 2.96. The fourth-order valence-corrected chi connectivity index (χ4v) is 0.858. The largest absolute Gasteiger partial charge is 0.478 e. The number of carboxylic acids is 1. The van der Waals surface area contributed by atoms with Gasteiger partial charge < -0.3 is 10.8 Å². The summed E-state index contributed by atoms with van der Waals surface area (Å²) in [6, 6.07) is 3.78. The van der Waals surface area contributed by atoms with E-state index in [1.807, 2.05) is 0 Å². The molecule has 0 aliphatic rings. The highest BCUT2D eigenvalue weighted by atomic mass is 19.1. The predicted molar refractivity (Wildman–Crippen MR) is 47.5 cm³/mol. The van der Waals surface area contributed by atoms with Crippen molar-refractivity contribution in [2.45, 2.75) is 0 Å². The van der Waals surface area contributed by atoms with Gasteiger partial charge in [-0.1, -0.05) is 6.07 Å². The van der Waals surface area contributed by atoms with Gasteiger partial charge in [0.15, 0.2) is 0 Å². The smallest absolute Gasteiger partial charge is 0.328 e. The van der Waals surface area contributed by atoms with Crippen molar-refractivity contribution >= 4 is 17.7 Å². The lowest BCUT2D eigenvalue weighted by molar-refractivity contribution is -0.131. The minimum absolute atomic E-state index is 0.220. The van der Waals surface area contributed by atoms with Crippen molar-refractivity contribution in [2.24, 2.45) is 0 Å². The summed E-state index contributed by atoms with van der Waals surface area (Å²) in [6.45, 7) is 0. The molecule has 0 atom stereocenters. The molecule has 13 heavy (non-hydrogen) atoms. The Morgan fingerprint density at radius 3 is 2.77 bits per heavy atom. The van der Waals surface area contributed by atoms with Crippen molar-refractivity contribution in [3.8, 4) is 0 Å². The zero-order valence-electron chi connectivity index (χ0n) is 6.70. The minimum atomic E-state index is -1.07. The van der Waals surface area contributed by atoms with Crippen LogP contribution < -0.4 is 5.73 Å². The normalized spacial score (nSPS) is 10.5. The molecule has 68 valence electrons. The first-order valence-electron chi connectivity index (χ1n) is 3.55. The SMILES string of the molecule is Nc1cc(F)ccc1C=CC(=O)O. The molecule has 3 N–H and O–H groups in total. The van der Waals surface area contributed by atoms with Gasteiger partial charge in [0.1, 0.15) is 5.82 Å². The van der Waals surface area contributed by atoms with E-state index in [1.54, 1.807) is 0 Å².